The second kappa shape index (κ2) is 7.45. The lowest BCUT2D eigenvalue weighted by molar-refractivity contribution is 0.142. The van der Waals surface area contributed by atoms with Crippen LogP contribution >= 0.6 is 0 Å². The number of carbonyl (C=O) groups excluding carboxylic acids is 1. The summed E-state index contributed by atoms with van der Waals surface area (Å²) in [6.45, 7) is 8.11. The number of benzene rings is 1. The molecule has 0 bridgehead atoms. The van der Waals surface area contributed by atoms with Gasteiger partial charge in [0.15, 0.2) is 0 Å². The zero-order valence-electron chi connectivity index (χ0n) is 14.3. The number of nitrogens with one attached hydrogen (secondary N) is 1. The van der Waals surface area contributed by atoms with Gasteiger partial charge in [0.1, 0.15) is 0 Å². The number of piperazine rings is 1. The largest absolute Gasteiger partial charge is 0.322 e. The van der Waals surface area contributed by atoms with Crippen LogP contribution in [0.15, 0.2) is 42.6 Å². The zero-order chi connectivity index (χ0) is 16.9. The number of anilines is 1. The Morgan fingerprint density at radius 3 is 2.62 bits per heavy atom. The van der Waals surface area contributed by atoms with E-state index in [9.17, 15) is 4.79 Å². The van der Waals surface area contributed by atoms with Crippen molar-refractivity contribution in [2.45, 2.75) is 20.4 Å². The van der Waals surface area contributed by atoms with Crippen LogP contribution in [0.25, 0.3) is 0 Å². The summed E-state index contributed by atoms with van der Waals surface area (Å²) in [5.74, 6) is 0. The Bertz CT molecular complexity index is 694. The first-order chi connectivity index (χ1) is 11.6. The fourth-order valence-electron chi connectivity index (χ4n) is 2.89. The second-order valence-corrected chi connectivity index (χ2v) is 6.33. The van der Waals surface area contributed by atoms with Gasteiger partial charge in [-0.05, 0) is 43.2 Å². The number of hydrogen-bond acceptors (Lipinski definition) is 3. The Labute approximate surface area is 143 Å². The van der Waals surface area contributed by atoms with Crippen molar-refractivity contribution in [3.63, 3.8) is 0 Å². The van der Waals surface area contributed by atoms with E-state index in [1.165, 1.54) is 0 Å². The van der Waals surface area contributed by atoms with Crippen molar-refractivity contribution in [2.75, 3.05) is 31.5 Å². The molecule has 2 heterocycles. The maximum Gasteiger partial charge on any atom is 0.321 e. The lowest BCUT2D eigenvalue weighted by atomic mass is 10.1. The van der Waals surface area contributed by atoms with Crippen LogP contribution in [-0.2, 0) is 6.54 Å². The molecule has 0 radical (unpaired) electrons. The molecule has 0 saturated carbocycles. The molecule has 0 aliphatic carbocycles. The van der Waals surface area contributed by atoms with Crippen molar-refractivity contribution in [3.8, 4) is 0 Å². The standard InChI is InChI=1S/C19H24N4O/c1-15-6-7-16(2)18(13-15)21-19(24)23-11-9-22(10-12-23)14-17-5-3-4-8-20-17/h3-8,13H,9-12,14H2,1-2H3,(H,21,24). The molecule has 1 aromatic carbocycles. The molecule has 1 fully saturated rings. The zero-order valence-corrected chi connectivity index (χ0v) is 14.3. The van der Waals surface area contributed by atoms with Crippen LogP contribution in [0.5, 0.6) is 0 Å². The van der Waals surface area contributed by atoms with Gasteiger partial charge < -0.3 is 10.2 Å². The molecule has 5 nitrogen and oxygen atoms in total. The highest BCUT2D eigenvalue weighted by atomic mass is 16.2. The van der Waals surface area contributed by atoms with E-state index < -0.39 is 0 Å². The summed E-state index contributed by atoms with van der Waals surface area (Å²) in [6, 6.07) is 12.1. The van der Waals surface area contributed by atoms with Crippen LogP contribution < -0.4 is 5.32 Å². The smallest absolute Gasteiger partial charge is 0.321 e. The lowest BCUT2D eigenvalue weighted by Gasteiger charge is -2.34. The number of aryl methyl sites for hydroxylation is 2. The number of pyridine rings is 1. The van der Waals surface area contributed by atoms with Gasteiger partial charge in [-0.25, -0.2) is 4.79 Å². The summed E-state index contributed by atoms with van der Waals surface area (Å²) >= 11 is 0. The third-order valence-electron chi connectivity index (χ3n) is 4.41. The van der Waals surface area contributed by atoms with Crippen molar-refractivity contribution in [3.05, 3.63) is 59.4 Å². The average Bonchev–Trinajstić information content (AvgIpc) is 2.60. The molecule has 3 rings (SSSR count). The lowest BCUT2D eigenvalue weighted by Crippen LogP contribution is -2.49. The highest BCUT2D eigenvalue weighted by molar-refractivity contribution is 5.90. The quantitative estimate of drug-likeness (QED) is 0.944. The monoisotopic (exact) mass is 324 g/mol. The van der Waals surface area contributed by atoms with E-state index in [0.29, 0.717) is 0 Å². The summed E-state index contributed by atoms with van der Waals surface area (Å²) in [6.07, 6.45) is 1.82. The van der Waals surface area contributed by atoms with Crippen LogP contribution in [0.4, 0.5) is 10.5 Å². The molecule has 126 valence electrons. The maximum atomic E-state index is 12.5. The van der Waals surface area contributed by atoms with E-state index in [4.69, 9.17) is 0 Å². The molecule has 1 aliphatic heterocycles. The molecule has 0 spiro atoms. The Morgan fingerprint density at radius 1 is 1.12 bits per heavy atom. The number of rotatable bonds is 3. The van der Waals surface area contributed by atoms with Gasteiger partial charge in [-0.15, -0.1) is 0 Å². The van der Waals surface area contributed by atoms with Crippen LogP contribution in [0, 0.1) is 13.8 Å². The van der Waals surface area contributed by atoms with E-state index in [2.05, 4.69) is 21.3 Å². The fourth-order valence-corrected chi connectivity index (χ4v) is 2.89. The van der Waals surface area contributed by atoms with Crippen molar-refractivity contribution in [1.82, 2.24) is 14.8 Å². The predicted molar refractivity (Wildman–Crippen MR) is 96.0 cm³/mol. The predicted octanol–water partition coefficient (Wildman–Crippen LogP) is 3.05. The molecule has 1 saturated heterocycles. The molecule has 0 unspecified atom stereocenters. The van der Waals surface area contributed by atoms with Crippen molar-refractivity contribution in [1.29, 1.82) is 0 Å². The van der Waals surface area contributed by atoms with Gasteiger partial charge in [0.2, 0.25) is 0 Å². The minimum Gasteiger partial charge on any atom is -0.322 e. The van der Waals surface area contributed by atoms with E-state index >= 15 is 0 Å². The van der Waals surface area contributed by atoms with Crippen LogP contribution in [0.3, 0.4) is 0 Å². The van der Waals surface area contributed by atoms with Crippen molar-refractivity contribution in [2.24, 2.45) is 0 Å². The molecule has 5 heteroatoms. The van der Waals surface area contributed by atoms with E-state index in [0.717, 1.165) is 55.2 Å². The highest BCUT2D eigenvalue weighted by Gasteiger charge is 2.21. The van der Waals surface area contributed by atoms with Crippen molar-refractivity contribution < 1.29 is 4.79 Å². The highest BCUT2D eigenvalue weighted by Crippen LogP contribution is 2.17. The first kappa shape index (κ1) is 16.5. The van der Waals surface area contributed by atoms with Crippen molar-refractivity contribution >= 4 is 11.7 Å². The van der Waals surface area contributed by atoms with Crippen LogP contribution in [-0.4, -0.2) is 47.0 Å². The topological polar surface area (TPSA) is 48.5 Å². The molecular weight excluding hydrogens is 300 g/mol. The van der Waals surface area contributed by atoms with Gasteiger partial charge in [-0.3, -0.25) is 9.88 Å². The summed E-state index contributed by atoms with van der Waals surface area (Å²) in [4.78, 5) is 21.1. The SMILES string of the molecule is Cc1ccc(C)c(NC(=O)N2CCN(Cc3ccccn3)CC2)c1. The first-order valence-electron chi connectivity index (χ1n) is 8.37. The molecule has 2 amide bonds. The molecule has 0 atom stereocenters. The van der Waals surface area contributed by atoms with Crippen LogP contribution in [0.1, 0.15) is 16.8 Å². The third kappa shape index (κ3) is 4.11. The van der Waals surface area contributed by atoms with Crippen LogP contribution in [0.2, 0.25) is 0 Å². The maximum absolute atomic E-state index is 12.5. The summed E-state index contributed by atoms with van der Waals surface area (Å²) in [5.41, 5.74) is 4.21. The molecule has 1 aromatic heterocycles. The van der Waals surface area contributed by atoms with Gasteiger partial charge >= 0.3 is 6.03 Å². The Morgan fingerprint density at radius 2 is 1.92 bits per heavy atom. The van der Waals surface area contributed by atoms with E-state index in [1.807, 2.05) is 55.3 Å². The average molecular weight is 324 g/mol. The van der Waals surface area contributed by atoms with Gasteiger partial charge in [0.25, 0.3) is 0 Å². The summed E-state index contributed by atoms with van der Waals surface area (Å²) in [7, 11) is 0. The number of urea groups is 1. The van der Waals surface area contributed by atoms with Gasteiger partial charge in [0.05, 0.1) is 5.69 Å². The second-order valence-electron chi connectivity index (χ2n) is 6.33. The number of hydrogen-bond donors (Lipinski definition) is 1. The van der Waals surface area contributed by atoms with Gasteiger partial charge in [-0.1, -0.05) is 18.2 Å². The molecule has 1 aliphatic rings. The number of aromatic nitrogens is 1. The Hall–Kier alpha value is -2.40. The molecule has 24 heavy (non-hydrogen) atoms. The molecular formula is C19H24N4O. The number of amides is 2. The van der Waals surface area contributed by atoms with E-state index in [1.54, 1.807) is 0 Å². The van der Waals surface area contributed by atoms with Gasteiger partial charge in [0, 0.05) is 44.6 Å². The normalized spacial score (nSPS) is 15.3. The summed E-state index contributed by atoms with van der Waals surface area (Å²) in [5, 5.41) is 3.04. The third-order valence-corrected chi connectivity index (χ3v) is 4.41. The molecule has 2 aromatic rings. The van der Waals surface area contributed by atoms with E-state index in [-0.39, 0.29) is 6.03 Å². The fraction of sp³-hybridized carbons (Fsp3) is 0.368. The first-order valence-corrected chi connectivity index (χ1v) is 8.37. The Kier molecular flexibility index (Phi) is 5.11. The van der Waals surface area contributed by atoms with Gasteiger partial charge in [-0.2, -0.15) is 0 Å². The minimum absolute atomic E-state index is 0.0128. The minimum atomic E-state index is -0.0128. The number of carbonyl (C=O) groups is 1. The molecule has 1 N–H and O–H groups in total. The Balaban J connectivity index is 1.52. The summed E-state index contributed by atoms with van der Waals surface area (Å²) < 4.78 is 0. The number of nitrogens with zero attached hydrogens (tertiary/aromatic N) is 3.